The van der Waals surface area contributed by atoms with Crippen molar-refractivity contribution in [2.45, 2.75) is 24.2 Å². The molecule has 3 aromatic rings. The normalized spacial score (nSPS) is 11.2. The molecule has 0 heterocycles. The number of hydrogen-bond acceptors (Lipinski definition) is 3. The van der Waals surface area contributed by atoms with Gasteiger partial charge >= 0.3 is 5.97 Å². The predicted molar refractivity (Wildman–Crippen MR) is 114 cm³/mol. The second-order valence-corrected chi connectivity index (χ2v) is 8.55. The molecule has 150 valence electrons. The number of hydrogen-bond donors (Lipinski definition) is 1. The lowest BCUT2D eigenvalue weighted by Crippen LogP contribution is -2.33. The number of anilines is 1. The van der Waals surface area contributed by atoms with Crippen LogP contribution in [0.1, 0.15) is 17.5 Å². The molecule has 29 heavy (non-hydrogen) atoms. The molecule has 0 spiro atoms. The summed E-state index contributed by atoms with van der Waals surface area (Å²) in [6.45, 7) is 0.317. The van der Waals surface area contributed by atoms with Crippen molar-refractivity contribution in [3.05, 3.63) is 96.1 Å². The number of benzene rings is 3. The highest BCUT2D eigenvalue weighted by atomic mass is 32.2. The van der Waals surface area contributed by atoms with Gasteiger partial charge in [-0.15, -0.1) is 0 Å². The van der Waals surface area contributed by atoms with E-state index in [1.54, 1.807) is 36.4 Å². The Hall–Kier alpha value is -3.12. The maximum Gasteiger partial charge on any atom is 0.303 e. The highest BCUT2D eigenvalue weighted by Gasteiger charge is 2.24. The van der Waals surface area contributed by atoms with Crippen LogP contribution in [0.25, 0.3) is 0 Å². The summed E-state index contributed by atoms with van der Waals surface area (Å²) in [7, 11) is -3.76. The molecule has 0 bridgehead atoms. The molecule has 0 aromatic heterocycles. The summed E-state index contributed by atoms with van der Waals surface area (Å²) in [5, 5.41) is 8.81. The van der Waals surface area contributed by atoms with Gasteiger partial charge in [0.25, 0.3) is 10.0 Å². The third-order valence-corrected chi connectivity index (χ3v) is 6.47. The van der Waals surface area contributed by atoms with Gasteiger partial charge < -0.3 is 5.11 Å². The summed E-state index contributed by atoms with van der Waals surface area (Å²) >= 11 is 0. The van der Waals surface area contributed by atoms with E-state index in [0.29, 0.717) is 25.1 Å². The van der Waals surface area contributed by atoms with E-state index in [9.17, 15) is 13.2 Å². The summed E-state index contributed by atoms with van der Waals surface area (Å²) in [6.07, 6.45) is 0.969. The van der Waals surface area contributed by atoms with E-state index in [-0.39, 0.29) is 11.3 Å². The zero-order valence-corrected chi connectivity index (χ0v) is 16.8. The van der Waals surface area contributed by atoms with E-state index in [0.717, 1.165) is 11.1 Å². The van der Waals surface area contributed by atoms with Gasteiger partial charge in [0.05, 0.1) is 10.6 Å². The zero-order chi connectivity index (χ0) is 20.7. The standard InChI is InChI=1S/C23H23NO4S/c25-23(26)16-13-20-11-14-22(15-12-20)29(27,28)24(21-9-5-2-6-10-21)18-17-19-7-3-1-4-8-19/h1-12,14-15H,13,16-18H2,(H,25,26). The van der Waals surface area contributed by atoms with Crippen molar-refractivity contribution in [3.8, 4) is 0 Å². The van der Waals surface area contributed by atoms with Crippen molar-refractivity contribution >= 4 is 21.7 Å². The SMILES string of the molecule is O=C(O)CCc1ccc(S(=O)(=O)N(CCc2ccccc2)c2ccccc2)cc1. The van der Waals surface area contributed by atoms with Gasteiger partial charge in [-0.1, -0.05) is 60.7 Å². The largest absolute Gasteiger partial charge is 0.481 e. The number of para-hydroxylation sites is 1. The molecule has 0 unspecified atom stereocenters. The van der Waals surface area contributed by atoms with Crippen molar-refractivity contribution in [1.82, 2.24) is 0 Å². The van der Waals surface area contributed by atoms with Crippen LogP contribution in [0.4, 0.5) is 5.69 Å². The molecule has 0 aliphatic carbocycles. The number of rotatable bonds is 9. The second-order valence-electron chi connectivity index (χ2n) is 6.69. The van der Waals surface area contributed by atoms with E-state index in [1.165, 1.54) is 4.31 Å². The fraction of sp³-hybridized carbons (Fsp3) is 0.174. The van der Waals surface area contributed by atoms with Crippen LogP contribution in [-0.4, -0.2) is 26.0 Å². The molecular formula is C23H23NO4S. The average Bonchev–Trinajstić information content (AvgIpc) is 2.74. The van der Waals surface area contributed by atoms with Gasteiger partial charge in [0, 0.05) is 13.0 Å². The molecule has 0 fully saturated rings. The van der Waals surface area contributed by atoms with Crippen LogP contribution < -0.4 is 4.31 Å². The van der Waals surface area contributed by atoms with E-state index < -0.39 is 16.0 Å². The van der Waals surface area contributed by atoms with Gasteiger partial charge in [-0.3, -0.25) is 9.10 Å². The van der Waals surface area contributed by atoms with Gasteiger partial charge in [0.2, 0.25) is 0 Å². The summed E-state index contributed by atoms with van der Waals surface area (Å²) in [5.74, 6) is -0.877. The Kier molecular flexibility index (Phi) is 6.67. The van der Waals surface area contributed by atoms with E-state index >= 15 is 0 Å². The lowest BCUT2D eigenvalue weighted by Gasteiger charge is -2.25. The average molecular weight is 410 g/mol. The summed E-state index contributed by atoms with van der Waals surface area (Å²) < 4.78 is 28.1. The summed E-state index contributed by atoms with van der Waals surface area (Å²) in [6, 6.07) is 25.3. The fourth-order valence-corrected chi connectivity index (χ4v) is 4.53. The minimum atomic E-state index is -3.76. The maximum atomic E-state index is 13.4. The van der Waals surface area contributed by atoms with Crippen molar-refractivity contribution in [2.24, 2.45) is 0 Å². The Labute approximate surface area is 171 Å². The van der Waals surface area contributed by atoms with E-state index in [1.807, 2.05) is 48.5 Å². The second kappa shape index (κ2) is 9.39. The fourth-order valence-electron chi connectivity index (χ4n) is 3.06. The topological polar surface area (TPSA) is 74.7 Å². The van der Waals surface area contributed by atoms with Crippen LogP contribution in [0, 0.1) is 0 Å². The molecule has 3 rings (SSSR count). The first-order valence-corrected chi connectivity index (χ1v) is 10.8. The van der Waals surface area contributed by atoms with Crippen LogP contribution in [0.3, 0.4) is 0 Å². The van der Waals surface area contributed by atoms with Gasteiger partial charge in [-0.25, -0.2) is 8.42 Å². The van der Waals surface area contributed by atoms with Crippen molar-refractivity contribution in [1.29, 1.82) is 0 Å². The number of carboxylic acid groups (broad SMARTS) is 1. The monoisotopic (exact) mass is 409 g/mol. The molecule has 0 aliphatic rings. The molecule has 0 atom stereocenters. The van der Waals surface area contributed by atoms with Crippen LogP contribution in [0.5, 0.6) is 0 Å². The Bertz CT molecular complexity index is 1030. The summed E-state index contributed by atoms with van der Waals surface area (Å²) in [4.78, 5) is 10.9. The Morgan fingerprint density at radius 2 is 1.31 bits per heavy atom. The smallest absolute Gasteiger partial charge is 0.303 e. The van der Waals surface area contributed by atoms with Crippen LogP contribution >= 0.6 is 0 Å². The van der Waals surface area contributed by atoms with Gasteiger partial charge in [-0.05, 0) is 48.2 Å². The highest BCUT2D eigenvalue weighted by molar-refractivity contribution is 7.92. The minimum Gasteiger partial charge on any atom is -0.481 e. The first-order valence-electron chi connectivity index (χ1n) is 9.39. The number of carbonyl (C=O) groups is 1. The molecule has 5 nitrogen and oxygen atoms in total. The first-order chi connectivity index (χ1) is 14.0. The zero-order valence-electron chi connectivity index (χ0n) is 15.9. The lowest BCUT2D eigenvalue weighted by molar-refractivity contribution is -0.136. The van der Waals surface area contributed by atoms with Crippen molar-refractivity contribution in [3.63, 3.8) is 0 Å². The predicted octanol–water partition coefficient (Wildman–Crippen LogP) is 4.14. The summed E-state index contributed by atoms with van der Waals surface area (Å²) in [5.41, 5.74) is 2.47. The third-order valence-electron chi connectivity index (χ3n) is 4.63. The maximum absolute atomic E-state index is 13.4. The number of sulfonamides is 1. The molecule has 6 heteroatoms. The van der Waals surface area contributed by atoms with E-state index in [2.05, 4.69) is 0 Å². The van der Waals surface area contributed by atoms with Crippen LogP contribution in [-0.2, 0) is 27.7 Å². The molecule has 3 aromatic carbocycles. The molecule has 0 saturated heterocycles. The Balaban J connectivity index is 1.86. The van der Waals surface area contributed by atoms with Crippen LogP contribution in [0.15, 0.2) is 89.8 Å². The van der Waals surface area contributed by atoms with Gasteiger partial charge in [0.15, 0.2) is 0 Å². The third kappa shape index (κ3) is 5.45. The van der Waals surface area contributed by atoms with E-state index in [4.69, 9.17) is 5.11 Å². The van der Waals surface area contributed by atoms with Gasteiger partial charge in [0.1, 0.15) is 0 Å². The first kappa shape index (κ1) is 20.6. The molecule has 0 aliphatic heterocycles. The molecule has 0 saturated carbocycles. The molecule has 0 radical (unpaired) electrons. The molecule has 1 N–H and O–H groups in total. The highest BCUT2D eigenvalue weighted by Crippen LogP contribution is 2.24. The number of aryl methyl sites for hydroxylation is 1. The van der Waals surface area contributed by atoms with Crippen molar-refractivity contribution < 1.29 is 18.3 Å². The quantitative estimate of drug-likeness (QED) is 0.576. The number of carboxylic acids is 1. The Morgan fingerprint density at radius 3 is 1.90 bits per heavy atom. The Morgan fingerprint density at radius 1 is 0.759 bits per heavy atom. The molecule has 0 amide bonds. The molecular weight excluding hydrogens is 386 g/mol. The minimum absolute atomic E-state index is 0.0132. The van der Waals surface area contributed by atoms with Gasteiger partial charge in [-0.2, -0.15) is 0 Å². The number of aliphatic carboxylic acids is 1. The number of nitrogens with zero attached hydrogens (tertiary/aromatic N) is 1. The van der Waals surface area contributed by atoms with Crippen molar-refractivity contribution in [2.75, 3.05) is 10.8 Å². The van der Waals surface area contributed by atoms with Crippen LogP contribution in [0.2, 0.25) is 0 Å². The lowest BCUT2D eigenvalue weighted by atomic mass is 10.1.